The van der Waals surface area contributed by atoms with Crippen molar-refractivity contribution in [2.75, 3.05) is 17.6 Å². The number of rotatable bonds is 4. The third-order valence-electron chi connectivity index (χ3n) is 2.29. The second-order valence-corrected chi connectivity index (χ2v) is 3.74. The number of nitrogens with one attached hydrogen (secondary N) is 2. The lowest BCUT2D eigenvalue weighted by molar-refractivity contribution is -0.115. The zero-order valence-corrected chi connectivity index (χ0v) is 9.92. The number of nitrogen functional groups attached to an aromatic ring is 1. The van der Waals surface area contributed by atoms with Crippen molar-refractivity contribution in [3.8, 4) is 0 Å². The molecule has 4 N–H and O–H groups in total. The first-order valence-electron chi connectivity index (χ1n) is 5.49. The maximum Gasteiger partial charge on any atom is 0.251 e. The Morgan fingerprint density at radius 2 is 1.95 bits per heavy atom. The molecule has 0 atom stereocenters. The number of nitrogens with zero attached hydrogens (tertiary/aromatic N) is 1. The molecule has 7 nitrogen and oxygen atoms in total. The van der Waals surface area contributed by atoms with E-state index in [-0.39, 0.29) is 12.5 Å². The standard InChI is InChI=1S/C12H12N4O3/c13-9-3-1-8(2-4-9)12(18)14-7-11(17)15-10-5-6-19-16-10/h1-6H,7,13H2,(H,14,18)(H,15,16,17). The highest BCUT2D eigenvalue weighted by molar-refractivity contribution is 5.99. The van der Waals surface area contributed by atoms with Gasteiger partial charge in [-0.1, -0.05) is 5.16 Å². The molecule has 0 aliphatic heterocycles. The minimum Gasteiger partial charge on any atom is -0.399 e. The smallest absolute Gasteiger partial charge is 0.251 e. The summed E-state index contributed by atoms with van der Waals surface area (Å²) in [5.41, 5.74) is 6.52. The van der Waals surface area contributed by atoms with E-state index in [0.717, 1.165) is 0 Å². The van der Waals surface area contributed by atoms with Crippen molar-refractivity contribution in [3.05, 3.63) is 42.2 Å². The van der Waals surface area contributed by atoms with Gasteiger partial charge in [0.2, 0.25) is 5.91 Å². The van der Waals surface area contributed by atoms with Gasteiger partial charge in [-0.2, -0.15) is 0 Å². The number of benzene rings is 1. The minimum atomic E-state index is -0.391. The Hall–Kier alpha value is -2.83. The monoisotopic (exact) mass is 260 g/mol. The van der Waals surface area contributed by atoms with Gasteiger partial charge in [0.05, 0.1) is 6.54 Å². The summed E-state index contributed by atoms with van der Waals surface area (Å²) in [7, 11) is 0. The molecule has 0 aliphatic rings. The molecule has 2 rings (SSSR count). The highest BCUT2D eigenvalue weighted by Gasteiger charge is 2.08. The second kappa shape index (κ2) is 5.67. The minimum absolute atomic E-state index is 0.157. The summed E-state index contributed by atoms with van der Waals surface area (Å²) in [6.45, 7) is -0.157. The Morgan fingerprint density at radius 3 is 2.58 bits per heavy atom. The molecule has 2 aromatic rings. The van der Waals surface area contributed by atoms with Gasteiger partial charge in [0, 0.05) is 17.3 Å². The van der Waals surface area contributed by atoms with E-state index >= 15 is 0 Å². The molecular formula is C12H12N4O3. The maximum atomic E-state index is 11.7. The van der Waals surface area contributed by atoms with Gasteiger partial charge in [-0.25, -0.2) is 0 Å². The predicted molar refractivity (Wildman–Crippen MR) is 68.3 cm³/mol. The number of carbonyl (C=O) groups is 2. The van der Waals surface area contributed by atoms with Crippen LogP contribution in [-0.4, -0.2) is 23.5 Å². The van der Waals surface area contributed by atoms with Gasteiger partial charge in [0.25, 0.3) is 5.91 Å². The van der Waals surface area contributed by atoms with Gasteiger partial charge in [0.15, 0.2) is 5.82 Å². The summed E-state index contributed by atoms with van der Waals surface area (Å²) in [5.74, 6) is -0.445. The molecule has 0 saturated carbocycles. The zero-order valence-electron chi connectivity index (χ0n) is 9.92. The molecule has 19 heavy (non-hydrogen) atoms. The zero-order chi connectivity index (χ0) is 13.7. The van der Waals surface area contributed by atoms with Crippen molar-refractivity contribution in [1.82, 2.24) is 10.5 Å². The summed E-state index contributed by atoms with van der Waals surface area (Å²) >= 11 is 0. The van der Waals surface area contributed by atoms with Gasteiger partial charge in [-0.3, -0.25) is 9.59 Å². The van der Waals surface area contributed by atoms with Crippen molar-refractivity contribution in [1.29, 1.82) is 0 Å². The number of hydrogen-bond donors (Lipinski definition) is 3. The van der Waals surface area contributed by atoms with E-state index in [0.29, 0.717) is 17.1 Å². The van der Waals surface area contributed by atoms with Gasteiger partial charge in [0.1, 0.15) is 6.26 Å². The topological polar surface area (TPSA) is 110 Å². The molecule has 0 aliphatic carbocycles. The Kier molecular flexibility index (Phi) is 3.77. The second-order valence-electron chi connectivity index (χ2n) is 3.74. The number of amides is 2. The van der Waals surface area contributed by atoms with Crippen LogP contribution in [0.15, 0.2) is 41.1 Å². The van der Waals surface area contributed by atoms with Gasteiger partial charge in [-0.05, 0) is 24.3 Å². The van der Waals surface area contributed by atoms with E-state index < -0.39 is 5.91 Å². The van der Waals surface area contributed by atoms with E-state index in [1.807, 2.05) is 0 Å². The lowest BCUT2D eigenvalue weighted by atomic mass is 10.2. The van der Waals surface area contributed by atoms with E-state index in [1.54, 1.807) is 24.3 Å². The van der Waals surface area contributed by atoms with Crippen LogP contribution in [0.5, 0.6) is 0 Å². The summed E-state index contributed by atoms with van der Waals surface area (Å²) in [4.78, 5) is 23.2. The van der Waals surface area contributed by atoms with Crippen LogP contribution in [-0.2, 0) is 4.79 Å². The van der Waals surface area contributed by atoms with Crippen molar-refractivity contribution in [3.63, 3.8) is 0 Å². The molecule has 0 fully saturated rings. The molecule has 2 amide bonds. The van der Waals surface area contributed by atoms with Crippen LogP contribution in [0.3, 0.4) is 0 Å². The van der Waals surface area contributed by atoms with Crippen LogP contribution in [0, 0.1) is 0 Å². The number of aromatic nitrogens is 1. The summed E-state index contributed by atoms with van der Waals surface area (Å²) in [5, 5.41) is 8.46. The predicted octanol–water partition coefficient (Wildman–Crippen LogP) is 0.625. The quantitative estimate of drug-likeness (QED) is 0.698. The van der Waals surface area contributed by atoms with Crippen molar-refractivity contribution in [2.45, 2.75) is 0 Å². The Bertz CT molecular complexity index is 563. The van der Waals surface area contributed by atoms with Crippen LogP contribution in [0.2, 0.25) is 0 Å². The van der Waals surface area contributed by atoms with E-state index in [1.165, 1.54) is 12.3 Å². The summed E-state index contributed by atoms with van der Waals surface area (Å²) < 4.78 is 4.56. The fraction of sp³-hybridized carbons (Fsp3) is 0.0833. The highest BCUT2D eigenvalue weighted by Crippen LogP contribution is 2.05. The van der Waals surface area contributed by atoms with Crippen LogP contribution < -0.4 is 16.4 Å². The maximum absolute atomic E-state index is 11.7. The SMILES string of the molecule is Nc1ccc(C(=O)NCC(=O)Nc2ccon2)cc1. The largest absolute Gasteiger partial charge is 0.399 e. The molecule has 0 spiro atoms. The highest BCUT2D eigenvalue weighted by atomic mass is 16.5. The van der Waals surface area contributed by atoms with E-state index in [4.69, 9.17) is 5.73 Å². The average Bonchev–Trinajstić information content (AvgIpc) is 2.89. The van der Waals surface area contributed by atoms with Crippen molar-refractivity contribution >= 4 is 23.3 Å². The van der Waals surface area contributed by atoms with Gasteiger partial charge < -0.3 is 20.9 Å². The molecule has 1 aromatic heterocycles. The third-order valence-corrected chi connectivity index (χ3v) is 2.29. The normalized spacial score (nSPS) is 9.89. The van der Waals surface area contributed by atoms with Gasteiger partial charge in [-0.15, -0.1) is 0 Å². The Balaban J connectivity index is 1.83. The van der Waals surface area contributed by atoms with Gasteiger partial charge >= 0.3 is 0 Å². The number of anilines is 2. The first-order chi connectivity index (χ1) is 9.15. The van der Waals surface area contributed by atoms with Crippen LogP contribution >= 0.6 is 0 Å². The van der Waals surface area contributed by atoms with Crippen LogP contribution in [0.1, 0.15) is 10.4 Å². The molecule has 1 heterocycles. The van der Waals surface area contributed by atoms with E-state index in [2.05, 4.69) is 20.3 Å². The molecule has 0 bridgehead atoms. The van der Waals surface area contributed by atoms with E-state index in [9.17, 15) is 9.59 Å². The van der Waals surface area contributed by atoms with Crippen LogP contribution in [0.4, 0.5) is 11.5 Å². The lowest BCUT2D eigenvalue weighted by Crippen LogP contribution is -2.32. The molecular weight excluding hydrogens is 248 g/mol. The van der Waals surface area contributed by atoms with Crippen molar-refractivity contribution in [2.24, 2.45) is 0 Å². The molecule has 0 unspecified atom stereocenters. The molecule has 1 aromatic carbocycles. The number of nitrogens with two attached hydrogens (primary N) is 1. The lowest BCUT2D eigenvalue weighted by Gasteiger charge is -2.05. The number of carbonyl (C=O) groups excluding carboxylic acids is 2. The fourth-order valence-corrected chi connectivity index (χ4v) is 1.36. The molecule has 0 radical (unpaired) electrons. The van der Waals surface area contributed by atoms with Crippen molar-refractivity contribution < 1.29 is 14.1 Å². The first-order valence-corrected chi connectivity index (χ1v) is 5.49. The Labute approximate surface area is 108 Å². The van der Waals surface area contributed by atoms with Crippen LogP contribution in [0.25, 0.3) is 0 Å². The first kappa shape index (κ1) is 12.6. The molecule has 7 heteroatoms. The Morgan fingerprint density at radius 1 is 1.21 bits per heavy atom. The number of hydrogen-bond acceptors (Lipinski definition) is 5. The molecule has 0 saturated heterocycles. The molecule has 98 valence electrons. The average molecular weight is 260 g/mol. The summed E-state index contributed by atoms with van der Waals surface area (Å²) in [6.07, 6.45) is 1.34. The third kappa shape index (κ3) is 3.56. The summed E-state index contributed by atoms with van der Waals surface area (Å²) in [6, 6.07) is 7.90. The fourth-order valence-electron chi connectivity index (χ4n) is 1.36.